The van der Waals surface area contributed by atoms with Crippen LogP contribution in [0.3, 0.4) is 0 Å². The van der Waals surface area contributed by atoms with E-state index in [1.54, 1.807) is 30.2 Å². The van der Waals surface area contributed by atoms with Gasteiger partial charge in [0.25, 0.3) is 0 Å². The van der Waals surface area contributed by atoms with Crippen LogP contribution in [0, 0.1) is 0 Å². The summed E-state index contributed by atoms with van der Waals surface area (Å²) in [6, 6.07) is 4.95. The predicted octanol–water partition coefficient (Wildman–Crippen LogP) is 1.22. The molecular formula is C14H17ClN2O4. The monoisotopic (exact) mass is 312 g/mol. The Hall–Kier alpha value is -1.79. The fraction of sp³-hybridized carbons (Fsp3) is 0.429. The molecule has 0 bridgehead atoms. The summed E-state index contributed by atoms with van der Waals surface area (Å²) in [5, 5.41) is 3.30. The molecule has 7 heteroatoms. The summed E-state index contributed by atoms with van der Waals surface area (Å²) in [6.45, 7) is 1.23. The molecule has 1 heterocycles. The molecule has 1 aliphatic rings. The van der Waals surface area contributed by atoms with Gasteiger partial charge in [0.15, 0.2) is 5.75 Å². The number of benzene rings is 1. The molecule has 1 aromatic carbocycles. The lowest BCUT2D eigenvalue weighted by molar-refractivity contribution is -0.133. The number of methoxy groups -OCH3 is 1. The van der Waals surface area contributed by atoms with Gasteiger partial charge in [0.2, 0.25) is 5.91 Å². The van der Waals surface area contributed by atoms with Gasteiger partial charge < -0.3 is 19.7 Å². The molecule has 0 atom stereocenters. The number of hydrogen-bond donors (Lipinski definition) is 1. The van der Waals surface area contributed by atoms with Gasteiger partial charge in [-0.3, -0.25) is 4.79 Å². The Morgan fingerprint density at radius 3 is 3.10 bits per heavy atom. The molecule has 0 saturated heterocycles. The van der Waals surface area contributed by atoms with Crippen LogP contribution in [0.2, 0.25) is 5.02 Å². The van der Waals surface area contributed by atoms with Crippen molar-refractivity contribution in [3.05, 3.63) is 23.2 Å². The fourth-order valence-electron chi connectivity index (χ4n) is 2.03. The second-order valence-electron chi connectivity index (χ2n) is 4.64. The number of amides is 1. The zero-order chi connectivity index (χ0) is 15.2. The highest BCUT2D eigenvalue weighted by molar-refractivity contribution is 6.31. The van der Waals surface area contributed by atoms with E-state index < -0.39 is 5.97 Å². The largest absolute Gasteiger partial charge is 0.423 e. The van der Waals surface area contributed by atoms with Crippen LogP contribution in [-0.4, -0.2) is 45.2 Å². The lowest BCUT2D eigenvalue weighted by Crippen LogP contribution is -2.43. The summed E-state index contributed by atoms with van der Waals surface area (Å²) in [5.41, 5.74) is 0.647. The SMILES string of the molecule is COCCCNC(=O)CN1CC(=O)Oc2ccc(Cl)cc21. The van der Waals surface area contributed by atoms with E-state index in [1.807, 2.05) is 0 Å². The Balaban J connectivity index is 1.98. The van der Waals surface area contributed by atoms with E-state index >= 15 is 0 Å². The van der Waals surface area contributed by atoms with Crippen molar-refractivity contribution in [1.29, 1.82) is 0 Å². The maximum Gasteiger partial charge on any atom is 0.331 e. The first kappa shape index (κ1) is 15.6. The summed E-state index contributed by atoms with van der Waals surface area (Å²) >= 11 is 5.95. The van der Waals surface area contributed by atoms with Crippen LogP contribution in [0.25, 0.3) is 0 Å². The number of fused-ring (bicyclic) bond motifs is 1. The molecule has 1 aliphatic heterocycles. The average molecular weight is 313 g/mol. The van der Waals surface area contributed by atoms with Crippen LogP contribution in [0.4, 0.5) is 5.69 Å². The molecule has 114 valence electrons. The highest BCUT2D eigenvalue weighted by Gasteiger charge is 2.25. The average Bonchev–Trinajstić information content (AvgIpc) is 2.44. The number of carbonyl (C=O) groups excluding carboxylic acids is 2. The van der Waals surface area contributed by atoms with Crippen LogP contribution in [0.1, 0.15) is 6.42 Å². The molecule has 0 aromatic heterocycles. The van der Waals surface area contributed by atoms with E-state index in [0.717, 1.165) is 6.42 Å². The van der Waals surface area contributed by atoms with Crippen molar-refractivity contribution in [2.75, 3.05) is 38.3 Å². The number of nitrogens with zero attached hydrogens (tertiary/aromatic N) is 1. The van der Waals surface area contributed by atoms with Crippen LogP contribution in [-0.2, 0) is 14.3 Å². The predicted molar refractivity (Wildman–Crippen MR) is 78.8 cm³/mol. The molecule has 6 nitrogen and oxygen atoms in total. The molecule has 1 amide bonds. The van der Waals surface area contributed by atoms with Crippen LogP contribution < -0.4 is 15.0 Å². The minimum absolute atomic E-state index is 0.0266. The Labute approximate surface area is 128 Å². The van der Waals surface area contributed by atoms with Crippen LogP contribution >= 0.6 is 11.6 Å². The van der Waals surface area contributed by atoms with E-state index in [4.69, 9.17) is 21.1 Å². The van der Waals surface area contributed by atoms with E-state index in [-0.39, 0.29) is 19.0 Å². The Kier molecular flexibility index (Phi) is 5.41. The molecule has 0 spiro atoms. The highest BCUT2D eigenvalue weighted by atomic mass is 35.5. The number of hydrogen-bond acceptors (Lipinski definition) is 5. The maximum absolute atomic E-state index is 11.9. The molecule has 0 saturated carbocycles. The fourth-order valence-corrected chi connectivity index (χ4v) is 2.20. The molecule has 0 fully saturated rings. The lowest BCUT2D eigenvalue weighted by atomic mass is 10.2. The van der Waals surface area contributed by atoms with E-state index in [1.165, 1.54) is 0 Å². The number of rotatable bonds is 6. The van der Waals surface area contributed by atoms with Crippen molar-refractivity contribution in [3.8, 4) is 5.75 Å². The van der Waals surface area contributed by atoms with Gasteiger partial charge in [0.05, 0.1) is 12.2 Å². The molecule has 1 aromatic rings. The van der Waals surface area contributed by atoms with Gasteiger partial charge in [-0.05, 0) is 24.6 Å². The van der Waals surface area contributed by atoms with Gasteiger partial charge >= 0.3 is 5.97 Å². The van der Waals surface area contributed by atoms with Gasteiger partial charge in [0.1, 0.15) is 6.54 Å². The van der Waals surface area contributed by atoms with Gasteiger partial charge in [0, 0.05) is 25.3 Å². The van der Waals surface area contributed by atoms with Crippen molar-refractivity contribution in [2.45, 2.75) is 6.42 Å². The van der Waals surface area contributed by atoms with Crippen molar-refractivity contribution >= 4 is 29.2 Å². The molecule has 0 radical (unpaired) electrons. The summed E-state index contributed by atoms with van der Waals surface area (Å²) in [5.74, 6) is -0.133. The summed E-state index contributed by atoms with van der Waals surface area (Å²) in [4.78, 5) is 25.1. The minimum atomic E-state index is -0.392. The quantitative estimate of drug-likeness (QED) is 0.486. The first-order valence-electron chi connectivity index (χ1n) is 6.61. The maximum atomic E-state index is 11.9. The molecule has 0 aliphatic carbocycles. The third kappa shape index (κ3) is 4.34. The summed E-state index contributed by atoms with van der Waals surface area (Å²) < 4.78 is 10.0. The summed E-state index contributed by atoms with van der Waals surface area (Å²) in [6.07, 6.45) is 0.743. The molecular weight excluding hydrogens is 296 g/mol. The van der Waals surface area contributed by atoms with Crippen molar-refractivity contribution < 1.29 is 19.1 Å². The molecule has 21 heavy (non-hydrogen) atoms. The van der Waals surface area contributed by atoms with Gasteiger partial charge in [-0.1, -0.05) is 11.6 Å². The Morgan fingerprint density at radius 1 is 1.52 bits per heavy atom. The van der Waals surface area contributed by atoms with Crippen molar-refractivity contribution in [1.82, 2.24) is 5.32 Å². The third-order valence-electron chi connectivity index (χ3n) is 2.99. The third-order valence-corrected chi connectivity index (χ3v) is 3.22. The Bertz CT molecular complexity index is 536. The Morgan fingerprint density at radius 2 is 2.33 bits per heavy atom. The number of anilines is 1. The number of ether oxygens (including phenoxy) is 2. The number of esters is 1. The molecule has 2 rings (SSSR count). The standard InChI is InChI=1S/C14H17ClN2O4/c1-20-6-2-5-16-13(18)8-17-9-14(19)21-12-4-3-10(15)7-11(12)17/h3-4,7H,2,5-6,8-9H2,1H3,(H,16,18). The van der Waals surface area contributed by atoms with Gasteiger partial charge in [-0.25, -0.2) is 4.79 Å². The second-order valence-corrected chi connectivity index (χ2v) is 5.07. The van der Waals surface area contributed by atoms with Crippen molar-refractivity contribution in [3.63, 3.8) is 0 Å². The first-order valence-corrected chi connectivity index (χ1v) is 6.99. The topological polar surface area (TPSA) is 67.9 Å². The second kappa shape index (κ2) is 7.28. The highest BCUT2D eigenvalue weighted by Crippen LogP contribution is 2.34. The summed E-state index contributed by atoms with van der Waals surface area (Å²) in [7, 11) is 1.61. The number of halogens is 1. The van der Waals surface area contributed by atoms with Gasteiger partial charge in [-0.15, -0.1) is 0 Å². The van der Waals surface area contributed by atoms with E-state index in [9.17, 15) is 9.59 Å². The zero-order valence-corrected chi connectivity index (χ0v) is 12.5. The smallest absolute Gasteiger partial charge is 0.331 e. The number of carbonyl (C=O) groups is 2. The lowest BCUT2D eigenvalue weighted by Gasteiger charge is -2.29. The molecule has 0 unspecified atom stereocenters. The molecule has 1 N–H and O–H groups in total. The first-order chi connectivity index (χ1) is 10.1. The van der Waals surface area contributed by atoms with Crippen molar-refractivity contribution in [2.24, 2.45) is 0 Å². The van der Waals surface area contributed by atoms with Crippen LogP contribution in [0.15, 0.2) is 18.2 Å². The van der Waals surface area contributed by atoms with E-state index in [2.05, 4.69) is 5.32 Å². The minimum Gasteiger partial charge on any atom is -0.423 e. The van der Waals surface area contributed by atoms with Gasteiger partial charge in [-0.2, -0.15) is 0 Å². The van der Waals surface area contributed by atoms with Crippen LogP contribution in [0.5, 0.6) is 5.75 Å². The number of nitrogens with one attached hydrogen (secondary N) is 1. The zero-order valence-electron chi connectivity index (χ0n) is 11.7. The normalized spacial score (nSPS) is 13.6. The van der Waals surface area contributed by atoms with E-state index in [0.29, 0.717) is 29.6 Å².